The summed E-state index contributed by atoms with van der Waals surface area (Å²) in [6, 6.07) is 0. The molecule has 0 atom stereocenters. The predicted molar refractivity (Wildman–Crippen MR) is 74.1 cm³/mol. The average Bonchev–Trinajstić information content (AvgIpc) is 2.69. The van der Waals surface area contributed by atoms with Crippen LogP contribution in [0.4, 0.5) is 5.82 Å². The molecule has 0 aromatic carbocycles. The zero-order valence-corrected chi connectivity index (χ0v) is 11.6. The molecule has 4 saturated carbocycles. The highest BCUT2D eigenvalue weighted by molar-refractivity contribution is 5.72. The highest BCUT2D eigenvalue weighted by atomic mass is 16.4. The lowest BCUT2D eigenvalue weighted by Gasteiger charge is -2.56. The van der Waals surface area contributed by atoms with Crippen molar-refractivity contribution < 1.29 is 9.90 Å². The summed E-state index contributed by atoms with van der Waals surface area (Å²) in [6.07, 6.45) is 9.29. The monoisotopic (exact) mass is 275 g/mol. The molecule has 4 aliphatic rings. The third kappa shape index (κ3) is 1.68. The van der Waals surface area contributed by atoms with Gasteiger partial charge in [0.15, 0.2) is 0 Å². The van der Waals surface area contributed by atoms with Crippen molar-refractivity contribution in [2.75, 3.05) is 5.73 Å². The zero-order valence-electron chi connectivity index (χ0n) is 11.6. The van der Waals surface area contributed by atoms with Crippen molar-refractivity contribution in [1.29, 1.82) is 0 Å². The van der Waals surface area contributed by atoms with Crippen LogP contribution in [0.1, 0.15) is 44.1 Å². The summed E-state index contributed by atoms with van der Waals surface area (Å²) in [5.41, 5.74) is 6.95. The van der Waals surface area contributed by atoms with E-state index in [4.69, 9.17) is 10.8 Å². The minimum absolute atomic E-state index is 0.0296. The van der Waals surface area contributed by atoms with E-state index in [1.165, 1.54) is 38.5 Å². The Kier molecular flexibility index (Phi) is 2.44. The first-order chi connectivity index (χ1) is 9.56. The van der Waals surface area contributed by atoms with E-state index in [1.54, 1.807) is 6.20 Å². The Bertz CT molecular complexity index is 528. The Labute approximate surface area is 118 Å². The van der Waals surface area contributed by atoms with E-state index in [0.29, 0.717) is 11.4 Å². The van der Waals surface area contributed by atoms with Gasteiger partial charge in [-0.05, 0) is 56.3 Å². The molecule has 0 aliphatic heterocycles. The molecule has 0 unspecified atom stereocenters. The van der Waals surface area contributed by atoms with E-state index in [2.05, 4.69) is 5.10 Å². The predicted octanol–water partition coefficient (Wildman–Crippen LogP) is 2.02. The third-order valence-electron chi connectivity index (χ3n) is 5.68. The van der Waals surface area contributed by atoms with Crippen LogP contribution in [0.25, 0.3) is 0 Å². The van der Waals surface area contributed by atoms with Crippen LogP contribution in [0, 0.1) is 17.8 Å². The van der Waals surface area contributed by atoms with Crippen LogP contribution >= 0.6 is 0 Å². The first kappa shape index (κ1) is 12.2. The van der Waals surface area contributed by atoms with Crippen LogP contribution in [0.15, 0.2) is 6.20 Å². The molecular weight excluding hydrogens is 254 g/mol. The number of carboxylic acids is 1. The van der Waals surface area contributed by atoms with Crippen molar-refractivity contribution in [2.45, 2.75) is 50.5 Å². The number of aromatic nitrogens is 2. The number of carboxylic acid groups (broad SMARTS) is 1. The molecule has 108 valence electrons. The highest BCUT2D eigenvalue weighted by Crippen LogP contribution is 2.59. The van der Waals surface area contributed by atoms with Gasteiger partial charge in [-0.1, -0.05) is 0 Å². The summed E-state index contributed by atoms with van der Waals surface area (Å²) in [7, 11) is 0. The summed E-state index contributed by atoms with van der Waals surface area (Å²) in [5, 5.41) is 13.4. The van der Waals surface area contributed by atoms with Crippen molar-refractivity contribution in [3.8, 4) is 0 Å². The van der Waals surface area contributed by atoms with Crippen LogP contribution < -0.4 is 5.73 Å². The standard InChI is InChI=1S/C15H21N3O2/c16-14-12(4-13(19)20)8-17-18(14)15-5-9-1-10(6-15)3-11(2-9)7-15/h8-11H,1-7,16H2,(H,19,20). The lowest BCUT2D eigenvalue weighted by Crippen LogP contribution is -2.52. The maximum absolute atomic E-state index is 10.9. The van der Waals surface area contributed by atoms with Gasteiger partial charge in [-0.25, -0.2) is 4.68 Å². The molecule has 1 aromatic rings. The molecule has 20 heavy (non-hydrogen) atoms. The van der Waals surface area contributed by atoms with Crippen molar-refractivity contribution in [1.82, 2.24) is 9.78 Å². The van der Waals surface area contributed by atoms with Gasteiger partial charge in [0.05, 0.1) is 18.2 Å². The van der Waals surface area contributed by atoms with Crippen molar-refractivity contribution in [3.63, 3.8) is 0 Å². The molecule has 4 bridgehead atoms. The van der Waals surface area contributed by atoms with Gasteiger partial charge in [-0.3, -0.25) is 4.79 Å². The summed E-state index contributed by atoms with van der Waals surface area (Å²) in [4.78, 5) is 10.9. The molecule has 0 saturated heterocycles. The molecule has 4 fully saturated rings. The Balaban J connectivity index is 1.70. The van der Waals surface area contributed by atoms with Crippen LogP contribution in [-0.2, 0) is 16.8 Å². The smallest absolute Gasteiger partial charge is 0.308 e. The highest BCUT2D eigenvalue weighted by Gasteiger charge is 2.53. The van der Waals surface area contributed by atoms with Crippen LogP contribution in [0.3, 0.4) is 0 Å². The normalized spacial score (nSPS) is 38.3. The second kappa shape index (κ2) is 3.99. The quantitative estimate of drug-likeness (QED) is 0.884. The minimum Gasteiger partial charge on any atom is -0.481 e. The number of nitrogens with two attached hydrogens (primary N) is 1. The van der Waals surface area contributed by atoms with Crippen molar-refractivity contribution in [3.05, 3.63) is 11.8 Å². The van der Waals surface area contributed by atoms with Crippen LogP contribution in [0.5, 0.6) is 0 Å². The van der Waals surface area contributed by atoms with E-state index < -0.39 is 5.97 Å². The number of hydrogen-bond donors (Lipinski definition) is 2. The number of nitrogen functional groups attached to an aromatic ring is 1. The number of anilines is 1. The molecule has 5 nitrogen and oxygen atoms in total. The molecule has 0 amide bonds. The molecule has 5 rings (SSSR count). The maximum Gasteiger partial charge on any atom is 0.308 e. The fourth-order valence-corrected chi connectivity index (χ4v) is 5.39. The first-order valence-corrected chi connectivity index (χ1v) is 7.60. The van der Waals surface area contributed by atoms with E-state index in [1.807, 2.05) is 4.68 Å². The van der Waals surface area contributed by atoms with Gasteiger partial charge in [0.25, 0.3) is 0 Å². The molecule has 1 heterocycles. The molecule has 5 heteroatoms. The first-order valence-electron chi connectivity index (χ1n) is 7.60. The Hall–Kier alpha value is -1.52. The number of carbonyl (C=O) groups is 1. The van der Waals surface area contributed by atoms with Crippen molar-refractivity contribution >= 4 is 11.8 Å². The van der Waals surface area contributed by atoms with Gasteiger partial charge >= 0.3 is 5.97 Å². The third-order valence-corrected chi connectivity index (χ3v) is 5.68. The van der Waals surface area contributed by atoms with Gasteiger partial charge in [-0.2, -0.15) is 5.10 Å². The lowest BCUT2D eigenvalue weighted by atomic mass is 9.53. The van der Waals surface area contributed by atoms with Crippen molar-refractivity contribution in [2.24, 2.45) is 17.8 Å². The van der Waals surface area contributed by atoms with Gasteiger partial charge in [-0.15, -0.1) is 0 Å². The zero-order chi connectivity index (χ0) is 13.9. The molecule has 0 radical (unpaired) electrons. The summed E-state index contributed by atoms with van der Waals surface area (Å²) >= 11 is 0. The maximum atomic E-state index is 10.9. The molecular formula is C15H21N3O2. The van der Waals surface area contributed by atoms with Crippen LogP contribution in [-0.4, -0.2) is 20.9 Å². The summed E-state index contributed by atoms with van der Waals surface area (Å²) in [6.45, 7) is 0. The number of hydrogen-bond acceptors (Lipinski definition) is 3. The van der Waals surface area contributed by atoms with Gasteiger partial charge in [0, 0.05) is 5.56 Å². The van der Waals surface area contributed by atoms with E-state index in [-0.39, 0.29) is 12.0 Å². The van der Waals surface area contributed by atoms with Gasteiger partial charge in [0.1, 0.15) is 5.82 Å². The number of rotatable bonds is 3. The number of aliphatic carboxylic acids is 1. The lowest BCUT2D eigenvalue weighted by molar-refractivity contribution is -0.136. The minimum atomic E-state index is -0.846. The largest absolute Gasteiger partial charge is 0.481 e. The Morgan fingerprint density at radius 3 is 2.35 bits per heavy atom. The van der Waals surface area contributed by atoms with E-state index >= 15 is 0 Å². The second-order valence-electron chi connectivity index (χ2n) is 7.18. The Morgan fingerprint density at radius 1 is 1.30 bits per heavy atom. The fraction of sp³-hybridized carbons (Fsp3) is 0.733. The fourth-order valence-electron chi connectivity index (χ4n) is 5.39. The average molecular weight is 275 g/mol. The molecule has 1 aromatic heterocycles. The molecule has 4 aliphatic carbocycles. The SMILES string of the molecule is Nc1c(CC(=O)O)cnn1C12CC3CC(CC(C3)C1)C2. The second-order valence-corrected chi connectivity index (χ2v) is 7.18. The van der Waals surface area contributed by atoms with E-state index in [0.717, 1.165) is 17.8 Å². The number of nitrogens with zero attached hydrogens (tertiary/aromatic N) is 2. The Morgan fingerprint density at radius 2 is 1.85 bits per heavy atom. The summed E-state index contributed by atoms with van der Waals surface area (Å²) in [5.74, 6) is 2.21. The van der Waals surface area contributed by atoms with Gasteiger partial charge < -0.3 is 10.8 Å². The molecule has 3 N–H and O–H groups in total. The molecule has 0 spiro atoms. The van der Waals surface area contributed by atoms with E-state index in [9.17, 15) is 4.79 Å². The summed E-state index contributed by atoms with van der Waals surface area (Å²) < 4.78 is 1.98. The van der Waals surface area contributed by atoms with Gasteiger partial charge in [0.2, 0.25) is 0 Å². The topological polar surface area (TPSA) is 81.1 Å². The van der Waals surface area contributed by atoms with Crippen LogP contribution in [0.2, 0.25) is 0 Å².